The number of benzene rings is 5. The molecule has 34 heavy (non-hydrogen) atoms. The zero-order valence-electron chi connectivity index (χ0n) is 18.7. The van der Waals surface area contributed by atoms with Crippen molar-refractivity contribution in [3.8, 4) is 11.5 Å². The van der Waals surface area contributed by atoms with Crippen LogP contribution in [0.4, 0.5) is 0 Å². The maximum absolute atomic E-state index is 6.22. The average molecular weight is 441 g/mol. The van der Waals surface area contributed by atoms with Crippen LogP contribution in [0, 0.1) is 0 Å². The molecule has 3 aromatic heterocycles. The molecule has 0 aliphatic carbocycles. The van der Waals surface area contributed by atoms with Crippen molar-refractivity contribution >= 4 is 70.8 Å². The second-order valence-electron chi connectivity index (χ2n) is 8.92. The summed E-state index contributed by atoms with van der Waals surface area (Å²) in [5.74, 6) is 1.70. The maximum atomic E-state index is 6.22. The Labute approximate surface area is 193 Å². The Bertz CT molecular complexity index is 2090. The van der Waals surface area contributed by atoms with Gasteiger partial charge in [-0.05, 0) is 65.4 Å². The van der Waals surface area contributed by atoms with E-state index in [0.29, 0.717) is 0 Å². The molecule has 0 unspecified atom stereocenters. The lowest BCUT2D eigenvalue weighted by Gasteiger charge is -2.04. The van der Waals surface area contributed by atoms with Gasteiger partial charge in [0.15, 0.2) is 0 Å². The third-order valence-electron chi connectivity index (χ3n) is 7.28. The molecule has 0 atom stereocenters. The summed E-state index contributed by atoms with van der Waals surface area (Å²) in [5, 5.41) is 9.44. The summed E-state index contributed by atoms with van der Waals surface area (Å²) in [6.45, 7) is 0. The largest absolute Gasteiger partial charge is 0.497 e. The van der Waals surface area contributed by atoms with E-state index in [4.69, 9.17) is 13.9 Å². The van der Waals surface area contributed by atoms with Crippen LogP contribution < -0.4 is 9.47 Å². The molecule has 0 radical (unpaired) electrons. The number of para-hydroxylation sites is 1. The lowest BCUT2D eigenvalue weighted by Crippen LogP contribution is -1.83. The van der Waals surface area contributed by atoms with Gasteiger partial charge in [-0.1, -0.05) is 18.2 Å². The van der Waals surface area contributed by atoms with Gasteiger partial charge in [0.05, 0.1) is 36.2 Å². The highest BCUT2D eigenvalue weighted by atomic mass is 16.5. The van der Waals surface area contributed by atoms with Crippen LogP contribution in [-0.2, 0) is 0 Å². The first-order chi connectivity index (χ1) is 16.7. The van der Waals surface area contributed by atoms with E-state index in [-0.39, 0.29) is 0 Å². The molecule has 0 amide bonds. The molecule has 4 heteroatoms. The minimum atomic E-state index is 0.797. The number of ether oxygens (including phenoxy) is 2. The zero-order chi connectivity index (χ0) is 22.6. The second-order valence-corrected chi connectivity index (χ2v) is 8.92. The van der Waals surface area contributed by atoms with Crippen molar-refractivity contribution < 1.29 is 13.9 Å². The van der Waals surface area contributed by atoms with Crippen molar-refractivity contribution in [3.63, 3.8) is 0 Å². The van der Waals surface area contributed by atoms with Crippen molar-refractivity contribution in [2.24, 2.45) is 0 Å². The molecule has 0 aliphatic heterocycles. The van der Waals surface area contributed by atoms with E-state index in [2.05, 4.69) is 71.1 Å². The van der Waals surface area contributed by atoms with E-state index in [1.54, 1.807) is 14.2 Å². The molecule has 0 bridgehead atoms. The molecule has 162 valence electrons. The average Bonchev–Trinajstić information content (AvgIpc) is 3.51. The normalized spacial score (nSPS) is 12.4. The number of hydrogen-bond acceptors (Lipinski definition) is 3. The Kier molecular flexibility index (Phi) is 3.24. The smallest absolute Gasteiger partial charge is 0.139 e. The molecule has 0 aliphatic rings. The lowest BCUT2D eigenvalue weighted by atomic mass is 10.0. The van der Waals surface area contributed by atoms with E-state index in [0.717, 1.165) is 38.8 Å². The fraction of sp³-hybridized carbons (Fsp3) is 0.0667. The molecule has 4 nitrogen and oxygen atoms in total. The van der Waals surface area contributed by atoms with Crippen LogP contribution >= 0.6 is 0 Å². The molecule has 8 aromatic rings. The van der Waals surface area contributed by atoms with Crippen molar-refractivity contribution in [2.75, 3.05) is 14.2 Å². The molecule has 3 heterocycles. The van der Waals surface area contributed by atoms with Crippen LogP contribution in [0.2, 0.25) is 0 Å². The van der Waals surface area contributed by atoms with Crippen molar-refractivity contribution in [1.29, 1.82) is 0 Å². The molecule has 0 spiro atoms. The van der Waals surface area contributed by atoms with Gasteiger partial charge < -0.3 is 18.3 Å². The SMILES string of the molecule is COc1ccc2c(c1)oc1cc3cc4c(cc3cc12)c1ccc(OC)c2c3ccccc3n4c12. The predicted octanol–water partition coefficient (Wildman–Crippen LogP) is 7.91. The van der Waals surface area contributed by atoms with E-state index in [1.807, 2.05) is 12.1 Å². The Morgan fingerprint density at radius 1 is 0.618 bits per heavy atom. The molecule has 5 aromatic carbocycles. The zero-order valence-corrected chi connectivity index (χ0v) is 18.7. The van der Waals surface area contributed by atoms with Crippen molar-refractivity contribution in [3.05, 3.63) is 78.9 Å². The summed E-state index contributed by atoms with van der Waals surface area (Å²) in [5.41, 5.74) is 5.33. The molecule has 0 fully saturated rings. The summed E-state index contributed by atoms with van der Waals surface area (Å²) < 4.78 is 19.8. The topological polar surface area (TPSA) is 36.0 Å². The number of aromatic nitrogens is 1. The van der Waals surface area contributed by atoms with Gasteiger partial charge in [-0.2, -0.15) is 0 Å². The van der Waals surface area contributed by atoms with Crippen LogP contribution in [0.15, 0.2) is 83.3 Å². The van der Waals surface area contributed by atoms with E-state index >= 15 is 0 Å². The summed E-state index contributed by atoms with van der Waals surface area (Å²) in [4.78, 5) is 0. The van der Waals surface area contributed by atoms with Crippen LogP contribution in [0.3, 0.4) is 0 Å². The summed E-state index contributed by atoms with van der Waals surface area (Å²) >= 11 is 0. The summed E-state index contributed by atoms with van der Waals surface area (Å²) in [6.07, 6.45) is 0. The van der Waals surface area contributed by atoms with Gasteiger partial charge in [-0.3, -0.25) is 0 Å². The molecule has 8 rings (SSSR count). The lowest BCUT2D eigenvalue weighted by molar-refractivity contribution is 0.414. The fourth-order valence-electron chi connectivity index (χ4n) is 5.77. The van der Waals surface area contributed by atoms with Gasteiger partial charge in [-0.15, -0.1) is 0 Å². The number of nitrogens with zero attached hydrogens (tertiary/aromatic N) is 1. The molecule has 0 saturated heterocycles. The van der Waals surface area contributed by atoms with Crippen LogP contribution in [0.1, 0.15) is 0 Å². The third kappa shape index (κ3) is 2.09. The highest BCUT2D eigenvalue weighted by Gasteiger charge is 2.21. The monoisotopic (exact) mass is 441 g/mol. The first-order valence-electron chi connectivity index (χ1n) is 11.3. The van der Waals surface area contributed by atoms with E-state index in [1.165, 1.54) is 43.5 Å². The molecular weight excluding hydrogens is 422 g/mol. The first kappa shape index (κ1) is 18.0. The summed E-state index contributed by atoms with van der Waals surface area (Å²) in [7, 11) is 3.42. The second kappa shape index (κ2) is 6.12. The van der Waals surface area contributed by atoms with E-state index in [9.17, 15) is 0 Å². The van der Waals surface area contributed by atoms with Gasteiger partial charge in [-0.25, -0.2) is 0 Å². The molecule has 0 N–H and O–H groups in total. The Morgan fingerprint density at radius 3 is 2.29 bits per heavy atom. The minimum absolute atomic E-state index is 0.797. The molecular formula is C30H19NO3. The van der Waals surface area contributed by atoms with Crippen molar-refractivity contribution in [1.82, 2.24) is 4.40 Å². The Morgan fingerprint density at radius 2 is 1.41 bits per heavy atom. The highest BCUT2D eigenvalue weighted by Crippen LogP contribution is 2.44. The van der Waals surface area contributed by atoms with Gasteiger partial charge in [0, 0.05) is 33.0 Å². The van der Waals surface area contributed by atoms with Gasteiger partial charge in [0.1, 0.15) is 22.7 Å². The number of furan rings is 1. The standard InChI is InChI=1S/C30H19NO3/c1-32-18-7-8-19-23-12-16-11-22-20-9-10-26(33-2)29-21-5-3-4-6-24(21)31(30(20)29)25(22)13-17(16)14-27(23)34-28(19)15-18/h3-15H,1-2H3. The number of rotatable bonds is 2. The predicted molar refractivity (Wildman–Crippen MR) is 139 cm³/mol. The van der Waals surface area contributed by atoms with Gasteiger partial charge in [0.2, 0.25) is 0 Å². The Hall–Kier alpha value is -4.44. The van der Waals surface area contributed by atoms with Gasteiger partial charge in [0.25, 0.3) is 0 Å². The third-order valence-corrected chi connectivity index (χ3v) is 7.28. The number of fused-ring (bicyclic) bond motifs is 10. The quantitative estimate of drug-likeness (QED) is 0.273. The summed E-state index contributed by atoms with van der Waals surface area (Å²) in [6, 6.07) is 27.8. The fourth-order valence-corrected chi connectivity index (χ4v) is 5.77. The van der Waals surface area contributed by atoms with Crippen molar-refractivity contribution in [2.45, 2.75) is 0 Å². The van der Waals surface area contributed by atoms with Crippen LogP contribution in [-0.4, -0.2) is 18.6 Å². The maximum Gasteiger partial charge on any atom is 0.139 e. The molecule has 0 saturated carbocycles. The number of methoxy groups -OCH3 is 2. The Balaban J connectivity index is 1.55. The van der Waals surface area contributed by atoms with Gasteiger partial charge >= 0.3 is 0 Å². The minimum Gasteiger partial charge on any atom is -0.497 e. The highest BCUT2D eigenvalue weighted by molar-refractivity contribution is 6.26. The van der Waals surface area contributed by atoms with Crippen LogP contribution in [0.25, 0.3) is 70.8 Å². The number of hydrogen-bond donors (Lipinski definition) is 0. The van der Waals surface area contributed by atoms with E-state index < -0.39 is 0 Å². The van der Waals surface area contributed by atoms with Crippen LogP contribution in [0.5, 0.6) is 11.5 Å². The first-order valence-corrected chi connectivity index (χ1v) is 11.3.